The Morgan fingerprint density at radius 1 is 1.07 bits per heavy atom. The highest BCUT2D eigenvalue weighted by Gasteiger charge is 2.34. The first kappa shape index (κ1) is 19.3. The molecule has 0 bridgehead atoms. The van der Waals surface area contributed by atoms with E-state index in [1.54, 1.807) is 12.1 Å². The Balaban J connectivity index is 1.45. The number of hydrogen-bond donors (Lipinski definition) is 1. The van der Waals surface area contributed by atoms with E-state index in [4.69, 9.17) is 0 Å². The van der Waals surface area contributed by atoms with Crippen molar-refractivity contribution in [1.29, 1.82) is 0 Å². The summed E-state index contributed by atoms with van der Waals surface area (Å²) >= 11 is 1.33. The number of anilines is 2. The lowest BCUT2D eigenvalue weighted by atomic mass is 10.1. The van der Waals surface area contributed by atoms with E-state index in [2.05, 4.69) is 22.4 Å². The topological polar surface area (TPSA) is 75.2 Å². The van der Waals surface area contributed by atoms with Gasteiger partial charge in [-0.25, -0.2) is 0 Å². The number of carbonyl (C=O) groups excluding carboxylic acids is 2. The van der Waals surface area contributed by atoms with Crippen molar-refractivity contribution in [2.45, 2.75) is 33.1 Å². The molecule has 4 rings (SSSR count). The van der Waals surface area contributed by atoms with Crippen LogP contribution in [0.25, 0.3) is 0 Å². The zero-order valence-corrected chi connectivity index (χ0v) is 17.4. The third-order valence-corrected chi connectivity index (χ3v) is 6.25. The predicted octanol–water partition coefficient (Wildman–Crippen LogP) is 4.24. The van der Waals surface area contributed by atoms with Gasteiger partial charge in [-0.3, -0.25) is 14.9 Å². The Morgan fingerprint density at radius 3 is 2.55 bits per heavy atom. The van der Waals surface area contributed by atoms with Gasteiger partial charge in [-0.15, -0.1) is 10.2 Å². The summed E-state index contributed by atoms with van der Waals surface area (Å²) in [4.78, 5) is 26.7. The number of aromatic nitrogens is 2. The van der Waals surface area contributed by atoms with E-state index in [0.29, 0.717) is 23.7 Å². The number of benzene rings is 2. The third kappa shape index (κ3) is 4.05. The van der Waals surface area contributed by atoms with Gasteiger partial charge in [0.05, 0.1) is 0 Å². The minimum atomic E-state index is -0.216. The molecule has 0 radical (unpaired) electrons. The molecule has 7 heteroatoms. The Hall–Kier alpha value is -3.06. The summed E-state index contributed by atoms with van der Waals surface area (Å²) in [5.41, 5.74) is 4.95. The second kappa shape index (κ2) is 7.75. The van der Waals surface area contributed by atoms with Gasteiger partial charge in [-0.05, 0) is 56.2 Å². The highest BCUT2D eigenvalue weighted by Crippen LogP contribution is 2.34. The molecule has 2 aromatic carbocycles. The second-order valence-corrected chi connectivity index (χ2v) is 8.45. The van der Waals surface area contributed by atoms with Crippen LogP contribution >= 0.6 is 11.3 Å². The smallest absolute Gasteiger partial charge is 0.257 e. The number of amides is 2. The molecule has 1 unspecified atom stereocenters. The zero-order chi connectivity index (χ0) is 20.5. The first-order valence-corrected chi connectivity index (χ1v) is 10.3. The number of carbonyl (C=O) groups is 2. The minimum Gasteiger partial charge on any atom is -0.312 e. The van der Waals surface area contributed by atoms with Crippen molar-refractivity contribution < 1.29 is 9.59 Å². The standard InChI is InChI=1S/C22H22N4O2S/c1-13-4-7-16(8-5-13)20(28)23-22-25-24-21(29-22)17-11-19(27)26(12-17)18-9-6-14(2)15(3)10-18/h4-10,17H,11-12H2,1-3H3,(H,23,25,28). The Morgan fingerprint density at radius 2 is 1.83 bits per heavy atom. The molecular weight excluding hydrogens is 384 g/mol. The summed E-state index contributed by atoms with van der Waals surface area (Å²) in [6, 6.07) is 13.4. The normalized spacial score (nSPS) is 16.3. The molecule has 2 heterocycles. The Bertz CT molecular complexity index is 1070. The van der Waals surface area contributed by atoms with Crippen molar-refractivity contribution in [3.63, 3.8) is 0 Å². The largest absolute Gasteiger partial charge is 0.312 e. The number of hydrogen-bond acceptors (Lipinski definition) is 5. The van der Waals surface area contributed by atoms with Crippen LogP contribution in [-0.2, 0) is 4.79 Å². The number of nitrogens with zero attached hydrogens (tertiary/aromatic N) is 3. The Kier molecular flexibility index (Phi) is 5.15. The van der Waals surface area contributed by atoms with Gasteiger partial charge in [-0.1, -0.05) is 35.1 Å². The summed E-state index contributed by atoms with van der Waals surface area (Å²) in [7, 11) is 0. The van der Waals surface area contributed by atoms with E-state index in [0.717, 1.165) is 21.8 Å². The highest BCUT2D eigenvalue weighted by atomic mass is 32.1. The number of nitrogens with one attached hydrogen (secondary N) is 1. The van der Waals surface area contributed by atoms with E-state index in [9.17, 15) is 9.59 Å². The van der Waals surface area contributed by atoms with Crippen LogP contribution in [0.1, 0.15) is 44.4 Å². The van der Waals surface area contributed by atoms with E-state index in [-0.39, 0.29) is 17.7 Å². The molecule has 0 saturated carbocycles. The van der Waals surface area contributed by atoms with Crippen molar-refractivity contribution in [1.82, 2.24) is 10.2 Å². The quantitative estimate of drug-likeness (QED) is 0.703. The predicted molar refractivity (Wildman–Crippen MR) is 115 cm³/mol. The van der Waals surface area contributed by atoms with Crippen molar-refractivity contribution in [3.8, 4) is 0 Å². The van der Waals surface area contributed by atoms with Gasteiger partial charge >= 0.3 is 0 Å². The average molecular weight is 407 g/mol. The molecule has 1 aliphatic rings. The van der Waals surface area contributed by atoms with Crippen LogP contribution < -0.4 is 10.2 Å². The monoisotopic (exact) mass is 406 g/mol. The summed E-state index contributed by atoms with van der Waals surface area (Å²) in [6.45, 7) is 6.65. The number of aryl methyl sites for hydroxylation is 3. The maximum absolute atomic E-state index is 12.6. The molecular formula is C22H22N4O2S. The fourth-order valence-electron chi connectivity index (χ4n) is 3.34. The molecule has 3 aromatic rings. The third-order valence-electron chi connectivity index (χ3n) is 5.25. The zero-order valence-electron chi connectivity index (χ0n) is 16.6. The molecule has 1 N–H and O–H groups in total. The molecule has 148 valence electrons. The lowest BCUT2D eigenvalue weighted by Crippen LogP contribution is -2.24. The van der Waals surface area contributed by atoms with Crippen LogP contribution in [-0.4, -0.2) is 28.6 Å². The van der Waals surface area contributed by atoms with Crippen molar-refractivity contribution >= 4 is 34.0 Å². The van der Waals surface area contributed by atoms with Crippen LogP contribution in [0.5, 0.6) is 0 Å². The molecule has 1 aromatic heterocycles. The van der Waals surface area contributed by atoms with Crippen LogP contribution in [0, 0.1) is 20.8 Å². The molecule has 1 saturated heterocycles. The maximum atomic E-state index is 12.6. The van der Waals surface area contributed by atoms with E-state index in [1.807, 2.05) is 49.1 Å². The van der Waals surface area contributed by atoms with Gasteiger partial charge in [-0.2, -0.15) is 0 Å². The summed E-state index contributed by atoms with van der Waals surface area (Å²) in [5, 5.41) is 12.3. The molecule has 1 aliphatic heterocycles. The highest BCUT2D eigenvalue weighted by molar-refractivity contribution is 7.15. The molecule has 0 spiro atoms. The van der Waals surface area contributed by atoms with Crippen molar-refractivity contribution in [2.75, 3.05) is 16.8 Å². The van der Waals surface area contributed by atoms with Crippen LogP contribution in [0.4, 0.5) is 10.8 Å². The van der Waals surface area contributed by atoms with Crippen molar-refractivity contribution in [2.24, 2.45) is 0 Å². The van der Waals surface area contributed by atoms with Gasteiger partial charge in [0.1, 0.15) is 5.01 Å². The summed E-state index contributed by atoms with van der Waals surface area (Å²) in [5.74, 6) is -0.155. The van der Waals surface area contributed by atoms with Gasteiger partial charge in [0, 0.05) is 30.1 Å². The fraction of sp³-hybridized carbons (Fsp3) is 0.273. The van der Waals surface area contributed by atoms with Gasteiger partial charge in [0.2, 0.25) is 11.0 Å². The fourth-order valence-corrected chi connectivity index (χ4v) is 4.17. The summed E-state index contributed by atoms with van der Waals surface area (Å²) in [6.07, 6.45) is 0.396. The Labute approximate surface area is 173 Å². The minimum absolute atomic E-state index is 0.0216. The van der Waals surface area contributed by atoms with Crippen LogP contribution in [0.15, 0.2) is 42.5 Å². The molecule has 1 fully saturated rings. The van der Waals surface area contributed by atoms with Crippen LogP contribution in [0.3, 0.4) is 0 Å². The van der Waals surface area contributed by atoms with Gasteiger partial charge in [0.15, 0.2) is 0 Å². The van der Waals surface area contributed by atoms with Gasteiger partial charge in [0.25, 0.3) is 5.91 Å². The van der Waals surface area contributed by atoms with E-state index in [1.165, 1.54) is 16.9 Å². The molecule has 1 atom stereocenters. The lowest BCUT2D eigenvalue weighted by molar-refractivity contribution is -0.117. The van der Waals surface area contributed by atoms with Crippen molar-refractivity contribution in [3.05, 3.63) is 69.7 Å². The van der Waals surface area contributed by atoms with E-state index < -0.39 is 0 Å². The SMILES string of the molecule is Cc1ccc(C(=O)Nc2nnc(C3CC(=O)N(c4ccc(C)c(C)c4)C3)s2)cc1. The average Bonchev–Trinajstić information content (AvgIpc) is 3.31. The molecule has 0 aliphatic carbocycles. The van der Waals surface area contributed by atoms with E-state index >= 15 is 0 Å². The first-order chi connectivity index (χ1) is 13.9. The number of rotatable bonds is 4. The second-order valence-electron chi connectivity index (χ2n) is 7.44. The van der Waals surface area contributed by atoms with Crippen LogP contribution in [0.2, 0.25) is 0 Å². The summed E-state index contributed by atoms with van der Waals surface area (Å²) < 4.78 is 0. The molecule has 2 amide bonds. The molecule has 29 heavy (non-hydrogen) atoms. The maximum Gasteiger partial charge on any atom is 0.257 e. The first-order valence-electron chi connectivity index (χ1n) is 9.50. The molecule has 6 nitrogen and oxygen atoms in total. The lowest BCUT2D eigenvalue weighted by Gasteiger charge is -2.17. The van der Waals surface area contributed by atoms with Gasteiger partial charge < -0.3 is 4.90 Å².